The minimum absolute atomic E-state index is 0.0535. The van der Waals surface area contributed by atoms with E-state index < -0.39 is 40.2 Å². The van der Waals surface area contributed by atoms with Crippen molar-refractivity contribution in [1.82, 2.24) is 4.90 Å². The lowest BCUT2D eigenvalue weighted by Gasteiger charge is -2.12. The molecule has 178 valence electrons. The van der Waals surface area contributed by atoms with Gasteiger partial charge in [0.2, 0.25) is 5.91 Å². The van der Waals surface area contributed by atoms with Gasteiger partial charge in [0.1, 0.15) is 29.7 Å². The zero-order valence-corrected chi connectivity index (χ0v) is 18.9. The topological polar surface area (TPSA) is 123 Å². The molecule has 0 spiro atoms. The number of anilines is 1. The Morgan fingerprint density at radius 2 is 1.94 bits per heavy atom. The monoisotopic (exact) mass is 519 g/mol. The molecule has 1 fully saturated rings. The highest BCUT2D eigenvalue weighted by Crippen LogP contribution is 2.36. The van der Waals surface area contributed by atoms with E-state index in [0.29, 0.717) is 22.7 Å². The van der Waals surface area contributed by atoms with E-state index in [4.69, 9.17) is 16.0 Å². The van der Waals surface area contributed by atoms with Crippen LogP contribution in [-0.2, 0) is 9.59 Å². The number of halogens is 3. The highest BCUT2D eigenvalue weighted by Gasteiger charge is 2.36. The van der Waals surface area contributed by atoms with Crippen LogP contribution in [0.2, 0.25) is 5.02 Å². The Kier molecular flexibility index (Phi) is 6.67. The number of thioether (sulfide) groups is 1. The molecule has 1 aromatic heterocycles. The Bertz CT molecular complexity index is 1420. The third-order valence-corrected chi connectivity index (χ3v) is 5.85. The van der Waals surface area contributed by atoms with Gasteiger partial charge in [0.05, 0.1) is 21.1 Å². The zero-order chi connectivity index (χ0) is 25.3. The van der Waals surface area contributed by atoms with E-state index in [9.17, 15) is 33.3 Å². The average Bonchev–Trinajstić information content (AvgIpc) is 3.36. The SMILES string of the molecule is O=C(CN1C(=O)S/C(=C/c2ccc(-c3ccc(Cl)cc3[N+](=O)[O-])o2)C1=O)Nc1ccc(F)cc1F. The van der Waals surface area contributed by atoms with Gasteiger partial charge in [-0.25, -0.2) is 8.78 Å². The maximum absolute atomic E-state index is 13.7. The number of nitrogens with zero attached hydrogens (tertiary/aromatic N) is 2. The number of hydrogen-bond donors (Lipinski definition) is 1. The lowest BCUT2D eigenvalue weighted by molar-refractivity contribution is -0.384. The summed E-state index contributed by atoms with van der Waals surface area (Å²) in [5.74, 6) is -3.23. The molecule has 13 heteroatoms. The number of imide groups is 1. The van der Waals surface area contributed by atoms with Crippen molar-refractivity contribution < 1.29 is 32.5 Å². The molecule has 3 aromatic rings. The van der Waals surface area contributed by atoms with Crippen molar-refractivity contribution in [2.24, 2.45) is 0 Å². The number of hydrogen-bond acceptors (Lipinski definition) is 7. The van der Waals surface area contributed by atoms with Gasteiger partial charge in [-0.05, 0) is 48.2 Å². The number of nitro groups is 1. The van der Waals surface area contributed by atoms with Gasteiger partial charge < -0.3 is 9.73 Å². The maximum atomic E-state index is 13.7. The highest BCUT2D eigenvalue weighted by molar-refractivity contribution is 8.18. The van der Waals surface area contributed by atoms with Crippen LogP contribution < -0.4 is 5.32 Å². The minimum atomic E-state index is -1.01. The molecule has 1 aliphatic rings. The Morgan fingerprint density at radius 3 is 2.66 bits per heavy atom. The van der Waals surface area contributed by atoms with Gasteiger partial charge in [-0.2, -0.15) is 0 Å². The van der Waals surface area contributed by atoms with Crippen molar-refractivity contribution >= 4 is 57.9 Å². The molecule has 1 aliphatic heterocycles. The highest BCUT2D eigenvalue weighted by atomic mass is 35.5. The Balaban J connectivity index is 1.49. The fourth-order valence-corrected chi connectivity index (χ4v) is 4.11. The Hall–Kier alpha value is -4.03. The van der Waals surface area contributed by atoms with Gasteiger partial charge in [-0.15, -0.1) is 0 Å². The summed E-state index contributed by atoms with van der Waals surface area (Å²) < 4.78 is 32.3. The van der Waals surface area contributed by atoms with E-state index in [2.05, 4.69) is 5.32 Å². The fourth-order valence-electron chi connectivity index (χ4n) is 3.13. The van der Waals surface area contributed by atoms with Crippen molar-refractivity contribution in [1.29, 1.82) is 0 Å². The number of furan rings is 1. The number of amides is 3. The molecule has 9 nitrogen and oxygen atoms in total. The van der Waals surface area contributed by atoms with Crippen LogP contribution in [0.15, 0.2) is 57.9 Å². The third-order valence-electron chi connectivity index (χ3n) is 4.70. The first-order valence-electron chi connectivity index (χ1n) is 9.67. The summed E-state index contributed by atoms with van der Waals surface area (Å²) in [6, 6.07) is 9.48. The molecule has 3 amide bonds. The summed E-state index contributed by atoms with van der Waals surface area (Å²) >= 11 is 6.38. The zero-order valence-electron chi connectivity index (χ0n) is 17.3. The van der Waals surface area contributed by atoms with Gasteiger partial charge in [0.15, 0.2) is 0 Å². The largest absolute Gasteiger partial charge is 0.456 e. The quantitative estimate of drug-likeness (QED) is 0.260. The summed E-state index contributed by atoms with van der Waals surface area (Å²) in [7, 11) is 0. The molecule has 0 aliphatic carbocycles. The van der Waals surface area contributed by atoms with Crippen molar-refractivity contribution in [3.05, 3.63) is 86.0 Å². The molecule has 0 unspecified atom stereocenters. The lowest BCUT2D eigenvalue weighted by atomic mass is 10.1. The fraction of sp³-hybridized carbons (Fsp3) is 0.0455. The molecule has 2 aromatic carbocycles. The van der Waals surface area contributed by atoms with Gasteiger partial charge in [0.25, 0.3) is 16.8 Å². The van der Waals surface area contributed by atoms with E-state index in [-0.39, 0.29) is 38.4 Å². The van der Waals surface area contributed by atoms with E-state index in [1.807, 2.05) is 0 Å². The van der Waals surface area contributed by atoms with Crippen LogP contribution in [0.5, 0.6) is 0 Å². The van der Waals surface area contributed by atoms with Crippen LogP contribution in [0.25, 0.3) is 17.4 Å². The van der Waals surface area contributed by atoms with Gasteiger partial charge in [-0.3, -0.25) is 29.4 Å². The molecular formula is C22H12ClF2N3O6S. The molecule has 1 N–H and O–H groups in total. The maximum Gasteiger partial charge on any atom is 0.294 e. The number of rotatable bonds is 6. The smallest absolute Gasteiger partial charge is 0.294 e. The van der Waals surface area contributed by atoms with Crippen LogP contribution in [0.1, 0.15) is 5.76 Å². The molecule has 0 bridgehead atoms. The number of carbonyl (C=O) groups excluding carboxylic acids is 3. The van der Waals surface area contributed by atoms with Crippen molar-refractivity contribution in [2.45, 2.75) is 0 Å². The van der Waals surface area contributed by atoms with E-state index in [1.54, 1.807) is 0 Å². The molecule has 2 heterocycles. The molecule has 4 rings (SSSR count). The number of benzene rings is 2. The second kappa shape index (κ2) is 9.68. The minimum Gasteiger partial charge on any atom is -0.456 e. The first-order chi connectivity index (χ1) is 16.6. The van der Waals surface area contributed by atoms with Crippen LogP contribution >= 0.6 is 23.4 Å². The van der Waals surface area contributed by atoms with E-state index >= 15 is 0 Å². The summed E-state index contributed by atoms with van der Waals surface area (Å²) in [4.78, 5) is 48.4. The lowest BCUT2D eigenvalue weighted by Crippen LogP contribution is -2.36. The standard InChI is InChI=1S/C22H12ClF2N3O6S/c23-11-1-4-14(17(7-11)28(32)33)18-6-3-13(34-18)9-19-21(30)27(22(31)35-19)10-20(29)26-16-5-2-12(24)8-15(16)25/h1-9H,10H2,(H,26,29)/b19-9+. The first kappa shape index (κ1) is 24.1. The number of nitro benzene ring substituents is 1. The normalized spacial score (nSPS) is 14.6. The number of carbonyl (C=O) groups is 3. The Morgan fingerprint density at radius 1 is 1.17 bits per heavy atom. The van der Waals surface area contributed by atoms with E-state index in [0.717, 1.165) is 12.1 Å². The molecule has 0 saturated carbocycles. The summed E-state index contributed by atoms with van der Waals surface area (Å²) in [5.41, 5.74) is -0.419. The average molecular weight is 520 g/mol. The summed E-state index contributed by atoms with van der Waals surface area (Å²) in [5, 5.41) is 12.9. The summed E-state index contributed by atoms with van der Waals surface area (Å²) in [6.07, 6.45) is 1.26. The van der Waals surface area contributed by atoms with Crippen LogP contribution in [0.3, 0.4) is 0 Å². The van der Waals surface area contributed by atoms with Crippen LogP contribution in [-0.4, -0.2) is 33.4 Å². The second-order valence-electron chi connectivity index (χ2n) is 7.06. The van der Waals surface area contributed by atoms with Crippen LogP contribution in [0, 0.1) is 21.7 Å². The van der Waals surface area contributed by atoms with Gasteiger partial charge in [-0.1, -0.05) is 11.6 Å². The second-order valence-corrected chi connectivity index (χ2v) is 8.49. The van der Waals surface area contributed by atoms with Crippen molar-refractivity contribution in [3.63, 3.8) is 0 Å². The van der Waals surface area contributed by atoms with Crippen molar-refractivity contribution in [2.75, 3.05) is 11.9 Å². The van der Waals surface area contributed by atoms with Crippen molar-refractivity contribution in [3.8, 4) is 11.3 Å². The third kappa shape index (κ3) is 5.23. The Labute approximate surface area is 204 Å². The summed E-state index contributed by atoms with van der Waals surface area (Å²) in [6.45, 7) is -0.695. The molecule has 0 radical (unpaired) electrons. The van der Waals surface area contributed by atoms with Crippen LogP contribution in [0.4, 0.5) is 25.0 Å². The molecule has 35 heavy (non-hydrogen) atoms. The predicted octanol–water partition coefficient (Wildman–Crippen LogP) is 5.46. The molecule has 1 saturated heterocycles. The van der Waals surface area contributed by atoms with Gasteiger partial charge in [0, 0.05) is 23.2 Å². The predicted molar refractivity (Wildman–Crippen MR) is 123 cm³/mol. The first-order valence-corrected chi connectivity index (χ1v) is 10.9. The molecular weight excluding hydrogens is 508 g/mol. The molecule has 0 atom stereocenters. The van der Waals surface area contributed by atoms with Gasteiger partial charge >= 0.3 is 0 Å². The number of nitrogens with one attached hydrogen (secondary N) is 1. The van der Waals surface area contributed by atoms with E-state index in [1.165, 1.54) is 36.4 Å².